The standard InChI is InChI=1S/C13H34O5Si3/c1-19(2,3)17-21(6,7)18-20(4,5)10-8-9-16-12-13(15)11-14/h13-15H,8-12H2,1-7H3. The maximum Gasteiger partial charge on any atom is 0.311 e. The number of aliphatic hydroxyl groups is 2. The van der Waals surface area contributed by atoms with Gasteiger partial charge in [0.05, 0.1) is 13.2 Å². The quantitative estimate of drug-likeness (QED) is 0.441. The zero-order chi connectivity index (χ0) is 16.7. The molecule has 0 rings (SSSR count). The van der Waals surface area contributed by atoms with E-state index in [-0.39, 0.29) is 13.2 Å². The fourth-order valence-electron chi connectivity index (χ4n) is 2.35. The van der Waals surface area contributed by atoms with Crippen molar-refractivity contribution in [3.05, 3.63) is 0 Å². The summed E-state index contributed by atoms with van der Waals surface area (Å²) >= 11 is 0. The van der Waals surface area contributed by atoms with Gasteiger partial charge in [-0.3, -0.25) is 0 Å². The van der Waals surface area contributed by atoms with Crippen LogP contribution in [0.15, 0.2) is 0 Å². The van der Waals surface area contributed by atoms with Crippen LogP contribution in [0.25, 0.3) is 0 Å². The summed E-state index contributed by atoms with van der Waals surface area (Å²) in [6.45, 7) is 15.8. The first kappa shape index (κ1) is 21.5. The Bertz CT molecular complexity index is 292. The molecule has 21 heavy (non-hydrogen) atoms. The van der Waals surface area contributed by atoms with Crippen molar-refractivity contribution in [3.63, 3.8) is 0 Å². The van der Waals surface area contributed by atoms with Crippen molar-refractivity contribution < 1.29 is 23.2 Å². The summed E-state index contributed by atoms with van der Waals surface area (Å²) < 4.78 is 18.0. The first-order valence-electron chi connectivity index (χ1n) is 7.64. The van der Waals surface area contributed by atoms with Gasteiger partial charge < -0.3 is 23.2 Å². The molecule has 0 aliphatic rings. The molecule has 0 bridgehead atoms. The molecule has 0 fully saturated rings. The highest BCUT2D eigenvalue weighted by Crippen LogP contribution is 2.23. The minimum absolute atomic E-state index is 0.193. The van der Waals surface area contributed by atoms with Gasteiger partial charge in [-0.1, -0.05) is 0 Å². The van der Waals surface area contributed by atoms with E-state index in [4.69, 9.17) is 18.1 Å². The lowest BCUT2D eigenvalue weighted by Crippen LogP contribution is -2.51. The van der Waals surface area contributed by atoms with Gasteiger partial charge in [0.1, 0.15) is 6.10 Å². The van der Waals surface area contributed by atoms with Crippen molar-refractivity contribution in [2.75, 3.05) is 19.8 Å². The molecule has 0 spiro atoms. The number of rotatable bonds is 11. The van der Waals surface area contributed by atoms with Gasteiger partial charge >= 0.3 is 8.56 Å². The summed E-state index contributed by atoms with van der Waals surface area (Å²) in [4.78, 5) is 0. The molecule has 0 aromatic rings. The Kier molecular flexibility index (Phi) is 9.11. The smallest absolute Gasteiger partial charge is 0.311 e. The second kappa shape index (κ2) is 8.92. The normalized spacial score (nSPS) is 15.3. The highest BCUT2D eigenvalue weighted by Gasteiger charge is 2.37. The zero-order valence-electron chi connectivity index (χ0n) is 14.7. The predicted molar refractivity (Wildman–Crippen MR) is 93.8 cm³/mol. The minimum atomic E-state index is -2.06. The molecular formula is C13H34O5Si3. The second-order valence-corrected chi connectivity index (χ2v) is 20.2. The van der Waals surface area contributed by atoms with Crippen LogP contribution in [0.1, 0.15) is 6.42 Å². The van der Waals surface area contributed by atoms with Crippen LogP contribution in [-0.4, -0.2) is 61.3 Å². The van der Waals surface area contributed by atoms with E-state index in [1.54, 1.807) is 0 Å². The van der Waals surface area contributed by atoms with Crippen molar-refractivity contribution >= 4 is 25.2 Å². The molecular weight excluding hydrogens is 320 g/mol. The van der Waals surface area contributed by atoms with E-state index < -0.39 is 31.3 Å². The third kappa shape index (κ3) is 12.7. The Morgan fingerprint density at radius 3 is 2.00 bits per heavy atom. The Labute approximate surface area is 133 Å². The summed E-state index contributed by atoms with van der Waals surface area (Å²) in [5, 5.41) is 17.9. The van der Waals surface area contributed by atoms with Gasteiger partial charge in [0.25, 0.3) is 0 Å². The van der Waals surface area contributed by atoms with E-state index in [2.05, 4.69) is 45.8 Å². The molecule has 0 aromatic carbocycles. The third-order valence-electron chi connectivity index (χ3n) is 2.66. The monoisotopic (exact) mass is 354 g/mol. The first-order chi connectivity index (χ1) is 9.37. The van der Waals surface area contributed by atoms with E-state index in [1.165, 1.54) is 0 Å². The van der Waals surface area contributed by atoms with Gasteiger partial charge in [0.2, 0.25) is 0 Å². The maximum atomic E-state index is 9.18. The Hall–Kier alpha value is 0.451. The minimum Gasteiger partial charge on any atom is -0.437 e. The molecule has 0 heterocycles. The highest BCUT2D eigenvalue weighted by molar-refractivity contribution is 6.87. The molecule has 1 unspecified atom stereocenters. The molecule has 128 valence electrons. The van der Waals surface area contributed by atoms with E-state index in [1.807, 2.05) is 0 Å². The van der Waals surface area contributed by atoms with Crippen molar-refractivity contribution in [1.29, 1.82) is 0 Å². The molecule has 0 aromatic heterocycles. The molecule has 0 radical (unpaired) electrons. The van der Waals surface area contributed by atoms with E-state index >= 15 is 0 Å². The van der Waals surface area contributed by atoms with Crippen LogP contribution in [0.3, 0.4) is 0 Å². The van der Waals surface area contributed by atoms with Crippen LogP contribution < -0.4 is 0 Å². The fourth-order valence-corrected chi connectivity index (χ4v) is 15.5. The molecule has 0 aliphatic heterocycles. The maximum absolute atomic E-state index is 9.18. The molecule has 2 N–H and O–H groups in total. The highest BCUT2D eigenvalue weighted by atomic mass is 28.5. The van der Waals surface area contributed by atoms with E-state index in [9.17, 15) is 5.11 Å². The number of hydrogen-bond acceptors (Lipinski definition) is 5. The van der Waals surface area contributed by atoms with Gasteiger partial charge in [-0.25, -0.2) is 0 Å². The van der Waals surface area contributed by atoms with Gasteiger partial charge in [-0.15, -0.1) is 0 Å². The second-order valence-electron chi connectivity index (χ2n) is 7.49. The van der Waals surface area contributed by atoms with Crippen molar-refractivity contribution in [3.8, 4) is 0 Å². The van der Waals surface area contributed by atoms with Crippen molar-refractivity contribution in [1.82, 2.24) is 0 Å². The fraction of sp³-hybridized carbons (Fsp3) is 1.00. The first-order valence-corrected chi connectivity index (χ1v) is 17.0. The molecule has 8 heteroatoms. The average Bonchev–Trinajstić information content (AvgIpc) is 2.22. The molecule has 1 atom stereocenters. The van der Waals surface area contributed by atoms with Crippen molar-refractivity contribution in [2.24, 2.45) is 0 Å². The van der Waals surface area contributed by atoms with Crippen molar-refractivity contribution in [2.45, 2.75) is 64.4 Å². The Balaban J connectivity index is 4.08. The van der Waals surface area contributed by atoms with E-state index in [0.717, 1.165) is 12.5 Å². The number of ether oxygens (including phenoxy) is 1. The molecule has 0 aliphatic carbocycles. The lowest BCUT2D eigenvalue weighted by molar-refractivity contribution is 0.00638. The van der Waals surface area contributed by atoms with Crippen LogP contribution >= 0.6 is 0 Å². The van der Waals surface area contributed by atoms with Gasteiger partial charge in [0.15, 0.2) is 16.6 Å². The van der Waals surface area contributed by atoms with Crippen LogP contribution in [0.2, 0.25) is 51.9 Å². The third-order valence-corrected chi connectivity index (χ3v) is 12.8. The summed E-state index contributed by atoms with van der Waals surface area (Å²) in [5.41, 5.74) is 0. The Morgan fingerprint density at radius 1 is 0.952 bits per heavy atom. The predicted octanol–water partition coefficient (Wildman–Crippen LogP) is 2.52. The largest absolute Gasteiger partial charge is 0.437 e. The van der Waals surface area contributed by atoms with Gasteiger partial charge in [-0.05, 0) is 58.3 Å². The molecule has 0 amide bonds. The lowest BCUT2D eigenvalue weighted by atomic mass is 10.4. The topological polar surface area (TPSA) is 68.2 Å². The molecule has 5 nitrogen and oxygen atoms in total. The van der Waals surface area contributed by atoms with Crippen LogP contribution in [0, 0.1) is 0 Å². The van der Waals surface area contributed by atoms with Gasteiger partial charge in [-0.2, -0.15) is 0 Å². The SMILES string of the molecule is C[Si](C)(C)O[Si](C)(C)O[Si](C)(C)CCCOCC(O)CO. The zero-order valence-corrected chi connectivity index (χ0v) is 17.7. The summed E-state index contributed by atoms with van der Waals surface area (Å²) in [7, 11) is -5.38. The average molecular weight is 355 g/mol. The summed E-state index contributed by atoms with van der Waals surface area (Å²) in [6, 6.07) is 1.01. The van der Waals surface area contributed by atoms with Crippen LogP contribution in [0.4, 0.5) is 0 Å². The van der Waals surface area contributed by atoms with Crippen LogP contribution in [-0.2, 0) is 13.0 Å². The number of hydrogen-bond donors (Lipinski definition) is 2. The van der Waals surface area contributed by atoms with Crippen LogP contribution in [0.5, 0.6) is 0 Å². The Morgan fingerprint density at radius 2 is 1.52 bits per heavy atom. The lowest BCUT2D eigenvalue weighted by Gasteiger charge is -2.37. The summed E-state index contributed by atoms with van der Waals surface area (Å²) in [5.74, 6) is 0. The molecule has 0 saturated heterocycles. The van der Waals surface area contributed by atoms with Gasteiger partial charge in [0, 0.05) is 6.61 Å². The summed E-state index contributed by atoms with van der Waals surface area (Å²) in [6.07, 6.45) is 0.136. The molecule has 0 saturated carbocycles. The van der Waals surface area contributed by atoms with E-state index in [0.29, 0.717) is 6.61 Å². The number of aliphatic hydroxyl groups excluding tert-OH is 2.